The summed E-state index contributed by atoms with van der Waals surface area (Å²) in [5, 5.41) is 6.86. The fourth-order valence-corrected chi connectivity index (χ4v) is 2.68. The van der Waals surface area contributed by atoms with E-state index < -0.39 is 0 Å². The molecule has 0 aromatic heterocycles. The number of hydrogen-bond donors (Lipinski definition) is 2. The smallest absolute Gasteiger partial charge is 0.191 e. The van der Waals surface area contributed by atoms with Gasteiger partial charge in [0.2, 0.25) is 0 Å². The minimum atomic E-state index is 0. The van der Waals surface area contributed by atoms with Crippen molar-refractivity contribution >= 4 is 41.7 Å². The van der Waals surface area contributed by atoms with Crippen LogP contribution in [0.15, 0.2) is 4.99 Å². The Labute approximate surface area is 170 Å². The average molecular weight is 471 g/mol. The molecule has 0 bridgehead atoms. The fourth-order valence-electron chi connectivity index (χ4n) is 2.48. The zero-order valence-electron chi connectivity index (χ0n) is 16.4. The second-order valence-corrected chi connectivity index (χ2v) is 8.76. The molecule has 1 atom stereocenters. The van der Waals surface area contributed by atoms with Gasteiger partial charge in [-0.15, -0.1) is 24.0 Å². The van der Waals surface area contributed by atoms with E-state index in [1.54, 1.807) is 0 Å². The van der Waals surface area contributed by atoms with E-state index in [1.165, 1.54) is 26.2 Å². The summed E-state index contributed by atoms with van der Waals surface area (Å²) in [4.78, 5) is 9.72. The molecule has 5 nitrogen and oxygen atoms in total. The van der Waals surface area contributed by atoms with Gasteiger partial charge in [-0.3, -0.25) is 4.99 Å². The predicted molar refractivity (Wildman–Crippen MR) is 120 cm³/mol. The molecule has 0 amide bonds. The van der Waals surface area contributed by atoms with Crippen molar-refractivity contribution in [1.29, 1.82) is 0 Å². The molecule has 1 saturated heterocycles. The van der Waals surface area contributed by atoms with Crippen molar-refractivity contribution in [2.24, 2.45) is 10.9 Å². The first kappa shape index (κ1) is 24.3. The predicted octanol–water partition coefficient (Wildman–Crippen LogP) is 2.18. The molecule has 1 unspecified atom stereocenters. The Morgan fingerprint density at radius 3 is 2.38 bits per heavy atom. The van der Waals surface area contributed by atoms with E-state index in [2.05, 4.69) is 61.4 Å². The van der Waals surface area contributed by atoms with Crippen LogP contribution < -0.4 is 10.6 Å². The Balaban J connectivity index is 0.00000529. The molecule has 1 heterocycles. The minimum Gasteiger partial charge on any atom is -0.357 e. The highest BCUT2D eigenvalue weighted by Gasteiger charge is 2.17. The van der Waals surface area contributed by atoms with Crippen LogP contribution in [0.4, 0.5) is 0 Å². The lowest BCUT2D eigenvalue weighted by atomic mass is 10.1. The second-order valence-electron chi connectivity index (χ2n) is 7.25. The largest absolute Gasteiger partial charge is 0.357 e. The third kappa shape index (κ3) is 10.3. The topological polar surface area (TPSA) is 42.9 Å². The maximum Gasteiger partial charge on any atom is 0.191 e. The maximum absolute atomic E-state index is 4.74. The molecule has 1 aliphatic rings. The number of rotatable bonds is 8. The average Bonchev–Trinajstić information content (AvgIpc) is 2.52. The molecule has 1 fully saturated rings. The van der Waals surface area contributed by atoms with Crippen molar-refractivity contribution in [1.82, 2.24) is 20.4 Å². The summed E-state index contributed by atoms with van der Waals surface area (Å²) < 4.78 is 0.188. The summed E-state index contributed by atoms with van der Waals surface area (Å²) >= 11 is 1.86. The third-order valence-corrected chi connectivity index (χ3v) is 5.53. The molecule has 0 aromatic carbocycles. The highest BCUT2D eigenvalue weighted by atomic mass is 127. The Morgan fingerprint density at radius 2 is 1.83 bits per heavy atom. The number of piperazine rings is 1. The number of nitrogens with one attached hydrogen (secondary N) is 2. The summed E-state index contributed by atoms with van der Waals surface area (Å²) in [6.07, 6.45) is 2.15. The number of thioether (sulfide) groups is 1. The van der Waals surface area contributed by atoms with Crippen molar-refractivity contribution < 1.29 is 0 Å². The highest BCUT2D eigenvalue weighted by molar-refractivity contribution is 14.0. The van der Waals surface area contributed by atoms with Crippen LogP contribution in [-0.2, 0) is 0 Å². The van der Waals surface area contributed by atoms with Crippen LogP contribution in [0.3, 0.4) is 0 Å². The molecular weight excluding hydrogens is 433 g/mol. The van der Waals surface area contributed by atoms with Gasteiger partial charge in [0.05, 0.1) is 6.54 Å². The standard InChI is InChI=1S/C17H37N5S.HI/c1-7-18-16(20-14-17(3,4)23-6)19-12-15(2)13-22-10-8-21(5)9-11-22;/h15H,7-14H2,1-6H3,(H2,18,19,20);1H. The van der Waals surface area contributed by atoms with Gasteiger partial charge in [0, 0.05) is 50.6 Å². The van der Waals surface area contributed by atoms with E-state index >= 15 is 0 Å². The van der Waals surface area contributed by atoms with E-state index in [4.69, 9.17) is 4.99 Å². The second kappa shape index (κ2) is 12.6. The summed E-state index contributed by atoms with van der Waals surface area (Å²) in [6.45, 7) is 17.5. The van der Waals surface area contributed by atoms with Crippen molar-refractivity contribution in [2.45, 2.75) is 32.4 Å². The normalized spacial score (nSPS) is 18.8. The van der Waals surface area contributed by atoms with Gasteiger partial charge in [-0.05, 0) is 40.0 Å². The van der Waals surface area contributed by atoms with Crippen LogP contribution in [0.1, 0.15) is 27.7 Å². The summed E-state index contributed by atoms with van der Waals surface area (Å²) in [5.74, 6) is 1.57. The number of guanidine groups is 1. The van der Waals surface area contributed by atoms with Crippen molar-refractivity contribution in [3.63, 3.8) is 0 Å². The molecule has 144 valence electrons. The van der Waals surface area contributed by atoms with E-state index in [0.29, 0.717) is 5.92 Å². The molecule has 24 heavy (non-hydrogen) atoms. The van der Waals surface area contributed by atoms with Crippen LogP contribution in [0.25, 0.3) is 0 Å². The van der Waals surface area contributed by atoms with Crippen LogP contribution in [0.5, 0.6) is 0 Å². The number of halogens is 1. The van der Waals surface area contributed by atoms with Gasteiger partial charge < -0.3 is 20.4 Å². The number of aliphatic imine (C=N–C) groups is 1. The number of hydrogen-bond acceptors (Lipinski definition) is 4. The van der Waals surface area contributed by atoms with Gasteiger partial charge in [0.25, 0.3) is 0 Å². The van der Waals surface area contributed by atoms with Crippen molar-refractivity contribution in [3.8, 4) is 0 Å². The van der Waals surface area contributed by atoms with Gasteiger partial charge in [-0.1, -0.05) is 6.92 Å². The third-order valence-electron chi connectivity index (χ3n) is 4.30. The highest BCUT2D eigenvalue weighted by Crippen LogP contribution is 2.20. The van der Waals surface area contributed by atoms with Crippen LogP contribution in [-0.4, -0.2) is 86.2 Å². The van der Waals surface area contributed by atoms with Crippen LogP contribution in [0.2, 0.25) is 0 Å². The van der Waals surface area contributed by atoms with Gasteiger partial charge >= 0.3 is 0 Å². The first-order valence-electron chi connectivity index (χ1n) is 8.84. The lowest BCUT2D eigenvalue weighted by molar-refractivity contribution is 0.139. The summed E-state index contributed by atoms with van der Waals surface area (Å²) in [5.41, 5.74) is 0. The quantitative estimate of drug-likeness (QED) is 0.323. The zero-order chi connectivity index (χ0) is 17.3. The lowest BCUT2D eigenvalue weighted by Gasteiger charge is -2.34. The van der Waals surface area contributed by atoms with Gasteiger partial charge in [0.15, 0.2) is 5.96 Å². The Kier molecular flexibility index (Phi) is 12.7. The summed E-state index contributed by atoms with van der Waals surface area (Å²) in [6, 6.07) is 0. The van der Waals surface area contributed by atoms with E-state index in [0.717, 1.165) is 32.1 Å². The number of nitrogens with zero attached hydrogens (tertiary/aromatic N) is 3. The van der Waals surface area contributed by atoms with Crippen molar-refractivity contribution in [3.05, 3.63) is 0 Å². The first-order valence-corrected chi connectivity index (χ1v) is 10.1. The van der Waals surface area contributed by atoms with E-state index in [1.807, 2.05) is 11.8 Å². The van der Waals surface area contributed by atoms with Crippen LogP contribution in [0, 0.1) is 5.92 Å². The molecular formula is C17H38IN5S. The first-order chi connectivity index (χ1) is 10.9. The van der Waals surface area contributed by atoms with Gasteiger partial charge in [0.1, 0.15) is 0 Å². The van der Waals surface area contributed by atoms with Crippen molar-refractivity contribution in [2.75, 3.05) is 65.7 Å². The fraction of sp³-hybridized carbons (Fsp3) is 0.941. The molecule has 0 spiro atoms. The monoisotopic (exact) mass is 471 g/mol. The SMILES string of the molecule is CCNC(=NCC(C)(C)SC)NCC(C)CN1CCN(C)CC1.I. The van der Waals surface area contributed by atoms with E-state index in [9.17, 15) is 0 Å². The van der Waals surface area contributed by atoms with E-state index in [-0.39, 0.29) is 28.7 Å². The maximum atomic E-state index is 4.74. The lowest BCUT2D eigenvalue weighted by Crippen LogP contribution is -2.47. The Bertz CT molecular complexity index is 357. The molecule has 0 aliphatic carbocycles. The molecule has 0 saturated carbocycles. The molecule has 1 rings (SSSR count). The molecule has 7 heteroatoms. The molecule has 2 N–H and O–H groups in total. The van der Waals surface area contributed by atoms with Gasteiger partial charge in [-0.25, -0.2) is 0 Å². The summed E-state index contributed by atoms with van der Waals surface area (Å²) in [7, 11) is 2.21. The van der Waals surface area contributed by atoms with Crippen LogP contribution >= 0.6 is 35.7 Å². The zero-order valence-corrected chi connectivity index (χ0v) is 19.5. The molecule has 1 aliphatic heterocycles. The molecule has 0 aromatic rings. The number of likely N-dealkylation sites (N-methyl/N-ethyl adjacent to an activating group) is 1. The Morgan fingerprint density at radius 1 is 1.21 bits per heavy atom. The molecule has 0 radical (unpaired) electrons. The minimum absolute atomic E-state index is 0. The van der Waals surface area contributed by atoms with Gasteiger partial charge in [-0.2, -0.15) is 11.8 Å². The Hall–Kier alpha value is 0.270.